The van der Waals surface area contributed by atoms with Crippen LogP contribution in [0.15, 0.2) is 24.3 Å². The molecule has 1 atom stereocenters. The highest BCUT2D eigenvalue weighted by atomic mass is 35.5. The number of hydrogen-bond donors (Lipinski definition) is 1. The molecule has 17 heavy (non-hydrogen) atoms. The van der Waals surface area contributed by atoms with Gasteiger partial charge in [0.1, 0.15) is 5.75 Å². The number of hydrogen-bond acceptors (Lipinski definition) is 2. The van der Waals surface area contributed by atoms with Crippen molar-refractivity contribution in [3.05, 3.63) is 29.3 Å². The maximum Gasteiger partial charge on any atom is 0.119 e. The Labute approximate surface area is 109 Å². The average Bonchev–Trinajstić information content (AvgIpc) is 2.34. The number of halogens is 1. The lowest BCUT2D eigenvalue weighted by molar-refractivity contribution is 0.298. The molecule has 1 aromatic rings. The van der Waals surface area contributed by atoms with Gasteiger partial charge in [-0.05, 0) is 57.0 Å². The largest absolute Gasteiger partial charge is 0.494 e. The van der Waals surface area contributed by atoms with Crippen LogP contribution >= 0.6 is 11.6 Å². The molecule has 0 bridgehead atoms. The Morgan fingerprint density at radius 3 is 2.65 bits per heavy atom. The molecule has 1 unspecified atom stereocenters. The van der Waals surface area contributed by atoms with Crippen LogP contribution in [-0.2, 0) is 0 Å². The third-order valence-corrected chi connectivity index (χ3v) is 2.86. The van der Waals surface area contributed by atoms with E-state index < -0.39 is 0 Å². The van der Waals surface area contributed by atoms with Crippen molar-refractivity contribution < 1.29 is 4.74 Å². The first kappa shape index (κ1) is 14.3. The second kappa shape index (κ2) is 8.37. The van der Waals surface area contributed by atoms with Crippen LogP contribution in [0.5, 0.6) is 5.75 Å². The Bertz CT molecular complexity index is 300. The van der Waals surface area contributed by atoms with Crippen LogP contribution in [0.4, 0.5) is 0 Å². The summed E-state index contributed by atoms with van der Waals surface area (Å²) in [6, 6.07) is 8.08. The van der Waals surface area contributed by atoms with Crippen molar-refractivity contribution >= 4 is 11.6 Å². The molecule has 1 aromatic carbocycles. The Balaban J connectivity index is 2.09. The van der Waals surface area contributed by atoms with Gasteiger partial charge in [0.2, 0.25) is 0 Å². The van der Waals surface area contributed by atoms with Crippen molar-refractivity contribution in [1.82, 2.24) is 5.32 Å². The SMILES string of the molecule is CCCNC(C)CCCOc1ccc(Cl)cc1. The van der Waals surface area contributed by atoms with E-state index in [-0.39, 0.29) is 0 Å². The van der Waals surface area contributed by atoms with Crippen LogP contribution < -0.4 is 10.1 Å². The standard InChI is InChI=1S/C14H22ClNO/c1-3-10-16-12(2)5-4-11-17-14-8-6-13(15)7-9-14/h6-9,12,16H,3-5,10-11H2,1-2H3. The number of benzene rings is 1. The van der Waals surface area contributed by atoms with Crippen LogP contribution in [0.1, 0.15) is 33.1 Å². The monoisotopic (exact) mass is 255 g/mol. The molecule has 2 nitrogen and oxygen atoms in total. The molecule has 0 radical (unpaired) electrons. The van der Waals surface area contributed by atoms with Crippen LogP contribution in [0.3, 0.4) is 0 Å². The van der Waals surface area contributed by atoms with Gasteiger partial charge in [-0.3, -0.25) is 0 Å². The molecule has 1 N–H and O–H groups in total. The molecule has 0 saturated carbocycles. The fourth-order valence-corrected chi connectivity index (χ4v) is 1.73. The predicted molar refractivity (Wildman–Crippen MR) is 73.9 cm³/mol. The molecule has 96 valence electrons. The summed E-state index contributed by atoms with van der Waals surface area (Å²) in [5.74, 6) is 0.892. The summed E-state index contributed by atoms with van der Waals surface area (Å²) in [6.07, 6.45) is 3.40. The fourth-order valence-electron chi connectivity index (χ4n) is 1.60. The fraction of sp³-hybridized carbons (Fsp3) is 0.571. The van der Waals surface area contributed by atoms with Gasteiger partial charge in [0.05, 0.1) is 6.61 Å². The first-order chi connectivity index (χ1) is 8.22. The van der Waals surface area contributed by atoms with E-state index in [2.05, 4.69) is 19.2 Å². The third-order valence-electron chi connectivity index (χ3n) is 2.61. The van der Waals surface area contributed by atoms with Gasteiger partial charge in [-0.25, -0.2) is 0 Å². The molecule has 0 fully saturated rings. The first-order valence-corrected chi connectivity index (χ1v) is 6.72. The van der Waals surface area contributed by atoms with Crippen molar-refractivity contribution in [2.75, 3.05) is 13.2 Å². The van der Waals surface area contributed by atoms with Crippen molar-refractivity contribution in [3.8, 4) is 5.75 Å². The summed E-state index contributed by atoms with van der Waals surface area (Å²) >= 11 is 5.80. The second-order valence-corrected chi connectivity index (χ2v) is 4.74. The van der Waals surface area contributed by atoms with Gasteiger partial charge in [0, 0.05) is 11.1 Å². The quantitative estimate of drug-likeness (QED) is 0.712. The van der Waals surface area contributed by atoms with Crippen LogP contribution in [0, 0.1) is 0 Å². The Morgan fingerprint density at radius 2 is 2.00 bits per heavy atom. The molecule has 1 rings (SSSR count). The Kier molecular flexibility index (Phi) is 7.06. The zero-order valence-corrected chi connectivity index (χ0v) is 11.5. The smallest absolute Gasteiger partial charge is 0.119 e. The predicted octanol–water partition coefficient (Wildman–Crippen LogP) is 3.89. The zero-order valence-electron chi connectivity index (χ0n) is 10.7. The van der Waals surface area contributed by atoms with E-state index in [9.17, 15) is 0 Å². The highest BCUT2D eigenvalue weighted by Gasteiger charge is 2.00. The van der Waals surface area contributed by atoms with E-state index >= 15 is 0 Å². The zero-order chi connectivity index (χ0) is 12.5. The summed E-state index contributed by atoms with van der Waals surface area (Å²) in [5, 5.41) is 4.21. The van der Waals surface area contributed by atoms with Gasteiger partial charge in [0.15, 0.2) is 0 Å². The van der Waals surface area contributed by atoms with Crippen molar-refractivity contribution in [3.63, 3.8) is 0 Å². The number of ether oxygens (including phenoxy) is 1. The Morgan fingerprint density at radius 1 is 1.29 bits per heavy atom. The third kappa shape index (κ3) is 6.54. The lowest BCUT2D eigenvalue weighted by atomic mass is 10.2. The van der Waals surface area contributed by atoms with Crippen molar-refractivity contribution in [2.45, 2.75) is 39.2 Å². The van der Waals surface area contributed by atoms with Crippen LogP contribution in [-0.4, -0.2) is 19.2 Å². The van der Waals surface area contributed by atoms with Gasteiger partial charge in [-0.15, -0.1) is 0 Å². The molecular formula is C14H22ClNO. The highest BCUT2D eigenvalue weighted by Crippen LogP contribution is 2.15. The van der Waals surface area contributed by atoms with E-state index in [1.807, 2.05) is 24.3 Å². The molecule has 0 spiro atoms. The van der Waals surface area contributed by atoms with Crippen molar-refractivity contribution in [2.24, 2.45) is 0 Å². The molecular weight excluding hydrogens is 234 g/mol. The molecule has 0 aliphatic rings. The summed E-state index contributed by atoms with van der Waals surface area (Å²) in [5.41, 5.74) is 0. The maximum atomic E-state index is 5.80. The summed E-state index contributed by atoms with van der Waals surface area (Å²) < 4.78 is 5.63. The topological polar surface area (TPSA) is 21.3 Å². The lowest BCUT2D eigenvalue weighted by Crippen LogP contribution is -2.26. The number of rotatable bonds is 8. The minimum absolute atomic E-state index is 0.573. The van der Waals surface area contributed by atoms with Crippen LogP contribution in [0.25, 0.3) is 0 Å². The van der Waals surface area contributed by atoms with E-state index in [1.165, 1.54) is 6.42 Å². The molecule has 0 heterocycles. The highest BCUT2D eigenvalue weighted by molar-refractivity contribution is 6.30. The van der Waals surface area contributed by atoms with Gasteiger partial charge < -0.3 is 10.1 Å². The summed E-state index contributed by atoms with van der Waals surface area (Å²) in [7, 11) is 0. The minimum Gasteiger partial charge on any atom is -0.494 e. The summed E-state index contributed by atoms with van der Waals surface area (Å²) in [4.78, 5) is 0. The normalized spacial score (nSPS) is 12.4. The van der Waals surface area contributed by atoms with Gasteiger partial charge in [0.25, 0.3) is 0 Å². The molecule has 0 saturated heterocycles. The maximum absolute atomic E-state index is 5.80. The molecule has 0 aliphatic heterocycles. The average molecular weight is 256 g/mol. The van der Waals surface area contributed by atoms with Crippen LogP contribution in [0.2, 0.25) is 5.02 Å². The molecule has 0 aromatic heterocycles. The summed E-state index contributed by atoms with van der Waals surface area (Å²) in [6.45, 7) is 6.26. The van der Waals surface area contributed by atoms with E-state index in [4.69, 9.17) is 16.3 Å². The van der Waals surface area contributed by atoms with Gasteiger partial charge in [-0.1, -0.05) is 18.5 Å². The first-order valence-electron chi connectivity index (χ1n) is 6.34. The second-order valence-electron chi connectivity index (χ2n) is 4.30. The lowest BCUT2D eigenvalue weighted by Gasteiger charge is -2.13. The van der Waals surface area contributed by atoms with E-state index in [0.29, 0.717) is 6.04 Å². The van der Waals surface area contributed by atoms with E-state index in [0.717, 1.165) is 36.8 Å². The molecule has 0 amide bonds. The number of nitrogens with one attached hydrogen (secondary N) is 1. The minimum atomic E-state index is 0.573. The van der Waals surface area contributed by atoms with Gasteiger partial charge in [-0.2, -0.15) is 0 Å². The molecule has 3 heteroatoms. The van der Waals surface area contributed by atoms with Crippen molar-refractivity contribution in [1.29, 1.82) is 0 Å². The Hall–Kier alpha value is -0.730. The molecule has 0 aliphatic carbocycles. The van der Waals surface area contributed by atoms with E-state index in [1.54, 1.807) is 0 Å². The van der Waals surface area contributed by atoms with Gasteiger partial charge >= 0.3 is 0 Å².